The number of carbonyl (C=O) groups excluding carboxylic acids is 1. The molecule has 0 saturated carbocycles. The molecule has 3 nitrogen and oxygen atoms in total. The van der Waals surface area contributed by atoms with Gasteiger partial charge >= 0.3 is 6.47 Å². The summed E-state index contributed by atoms with van der Waals surface area (Å²) in [5, 5.41) is 0. The van der Waals surface area contributed by atoms with Crippen molar-refractivity contribution in [3.8, 4) is 11.3 Å². The van der Waals surface area contributed by atoms with Crippen LogP contribution in [0.25, 0.3) is 11.3 Å². The number of fused-ring (bicyclic) bond motifs is 1. The monoisotopic (exact) mass is 231 g/mol. The van der Waals surface area contributed by atoms with Crippen molar-refractivity contribution < 1.29 is 13.9 Å². The normalized spacial score (nSPS) is 10.6. The predicted octanol–water partition coefficient (Wildman–Crippen LogP) is 3.18. The summed E-state index contributed by atoms with van der Waals surface area (Å²) < 4.78 is 10.0. The maximum absolute atomic E-state index is 9.81. The van der Waals surface area contributed by atoms with Crippen molar-refractivity contribution in [3.63, 3.8) is 0 Å². The summed E-state index contributed by atoms with van der Waals surface area (Å²) in [6.07, 6.45) is 5.72. The summed E-state index contributed by atoms with van der Waals surface area (Å²) in [6.45, 7) is 1.90. The van der Waals surface area contributed by atoms with E-state index in [-0.39, 0.29) is 0 Å². The Morgan fingerprint density at radius 2 is 2.12 bits per heavy atom. The lowest BCUT2D eigenvalue weighted by atomic mass is 10.1. The van der Waals surface area contributed by atoms with Crippen LogP contribution in [-0.4, -0.2) is 13.1 Å². The Labute approximate surface area is 101 Å². The smallest absolute Gasteiger partial charge is 0.417 e. The Bertz CT molecular complexity index is 433. The zero-order valence-corrected chi connectivity index (χ0v) is 9.65. The molecule has 1 aliphatic heterocycles. The molecule has 89 valence electrons. The quantitative estimate of drug-likeness (QED) is 0.687. The second-order valence-corrected chi connectivity index (χ2v) is 4.00. The number of aryl methyl sites for hydroxylation is 1. The highest BCUT2D eigenvalue weighted by atomic mass is 16.5. The molecule has 0 N–H and O–H groups in total. The molecule has 0 aromatic rings. The van der Waals surface area contributed by atoms with Gasteiger partial charge in [0.15, 0.2) is 0 Å². The third kappa shape index (κ3) is 3.09. The highest BCUT2D eigenvalue weighted by molar-refractivity contribution is 5.64. The van der Waals surface area contributed by atoms with E-state index >= 15 is 0 Å². The maximum Gasteiger partial charge on any atom is 0.417 e. The van der Waals surface area contributed by atoms with Crippen LogP contribution in [0.4, 0.5) is 0 Å². The van der Waals surface area contributed by atoms with Crippen LogP contribution in [0.2, 0.25) is 0 Å². The lowest BCUT2D eigenvalue weighted by molar-refractivity contribution is 0.269. The van der Waals surface area contributed by atoms with Crippen molar-refractivity contribution in [2.45, 2.75) is 25.7 Å². The molecule has 0 amide bonds. The molecule has 1 radical (unpaired) electrons. The van der Waals surface area contributed by atoms with E-state index in [0.717, 1.165) is 37.0 Å². The molecule has 3 heteroatoms. The van der Waals surface area contributed by atoms with Gasteiger partial charge in [0.05, 0.1) is 12.9 Å². The number of ether oxygens (including phenoxy) is 1. The van der Waals surface area contributed by atoms with Crippen molar-refractivity contribution in [3.05, 3.63) is 36.1 Å². The Morgan fingerprint density at radius 1 is 1.18 bits per heavy atom. The molecule has 1 aliphatic carbocycles. The fourth-order valence-corrected chi connectivity index (χ4v) is 1.96. The van der Waals surface area contributed by atoms with Gasteiger partial charge in [0.1, 0.15) is 5.76 Å². The first kappa shape index (κ1) is 11.7. The molecular formula is C14H15O3. The first-order chi connectivity index (χ1) is 8.42. The number of unbranched alkanes of at least 4 members (excludes halogenated alkanes) is 2. The van der Waals surface area contributed by atoms with Crippen LogP contribution in [0.1, 0.15) is 24.8 Å². The minimum atomic E-state index is 0.468. The molecule has 0 atom stereocenters. The van der Waals surface area contributed by atoms with Gasteiger partial charge in [-0.1, -0.05) is 12.1 Å². The Hall–Kier alpha value is -1.77. The summed E-state index contributed by atoms with van der Waals surface area (Å²) >= 11 is 0. The molecule has 0 bridgehead atoms. The molecule has 1 heterocycles. The Balaban J connectivity index is 1.78. The van der Waals surface area contributed by atoms with E-state index in [4.69, 9.17) is 4.42 Å². The standard InChI is InChI=1S/C14H15O3/c15-11-16-9-3-1-2-5-12-7-8-13-6-4-10-17-14(12)13/h4,6-8,10H,1-3,5,9H2. The molecule has 0 unspecified atom stereocenters. The fraction of sp³-hybridized carbons (Fsp3) is 0.357. The SMILES string of the molecule is O=[C]OCCCCCc1ccc2cccoc1-2. The molecule has 0 aromatic carbocycles. The average molecular weight is 231 g/mol. The van der Waals surface area contributed by atoms with Crippen molar-refractivity contribution >= 4 is 6.47 Å². The van der Waals surface area contributed by atoms with Gasteiger partial charge in [-0.2, -0.15) is 0 Å². The maximum atomic E-state index is 9.81. The molecule has 0 aromatic heterocycles. The van der Waals surface area contributed by atoms with Crippen LogP contribution in [0, 0.1) is 0 Å². The van der Waals surface area contributed by atoms with E-state index < -0.39 is 0 Å². The molecular weight excluding hydrogens is 216 g/mol. The van der Waals surface area contributed by atoms with E-state index in [1.165, 1.54) is 12.0 Å². The highest BCUT2D eigenvalue weighted by Crippen LogP contribution is 2.28. The predicted molar refractivity (Wildman–Crippen MR) is 64.5 cm³/mol. The number of hydrogen-bond donors (Lipinski definition) is 0. The summed E-state index contributed by atoms with van der Waals surface area (Å²) in [4.78, 5) is 9.81. The molecule has 2 rings (SSSR count). The van der Waals surface area contributed by atoms with Gasteiger partial charge in [-0.25, -0.2) is 4.79 Å². The fourth-order valence-electron chi connectivity index (χ4n) is 1.96. The summed E-state index contributed by atoms with van der Waals surface area (Å²) in [7, 11) is 0. The molecule has 2 aliphatic rings. The summed E-state index contributed by atoms with van der Waals surface area (Å²) in [6, 6.07) is 8.15. The third-order valence-corrected chi connectivity index (χ3v) is 2.81. The second kappa shape index (κ2) is 6.09. The van der Waals surface area contributed by atoms with Crippen molar-refractivity contribution in [1.82, 2.24) is 0 Å². The second-order valence-electron chi connectivity index (χ2n) is 4.00. The lowest BCUT2D eigenvalue weighted by Gasteiger charge is -2.02. The minimum Gasteiger partial charge on any atom is -0.464 e. The van der Waals surface area contributed by atoms with Gasteiger partial charge in [0, 0.05) is 5.56 Å². The van der Waals surface area contributed by atoms with Gasteiger partial charge in [-0.3, -0.25) is 0 Å². The van der Waals surface area contributed by atoms with Gasteiger partial charge < -0.3 is 9.15 Å². The van der Waals surface area contributed by atoms with Crippen LogP contribution in [0.15, 0.2) is 34.9 Å². The van der Waals surface area contributed by atoms with Gasteiger partial charge in [0.25, 0.3) is 0 Å². The van der Waals surface area contributed by atoms with Crippen LogP contribution in [0.3, 0.4) is 0 Å². The van der Waals surface area contributed by atoms with E-state index in [0.29, 0.717) is 6.61 Å². The van der Waals surface area contributed by atoms with Crippen molar-refractivity contribution in [1.29, 1.82) is 0 Å². The van der Waals surface area contributed by atoms with Crippen LogP contribution in [0.5, 0.6) is 0 Å². The van der Waals surface area contributed by atoms with Crippen molar-refractivity contribution in [2.24, 2.45) is 0 Å². The van der Waals surface area contributed by atoms with Crippen LogP contribution in [-0.2, 0) is 16.0 Å². The van der Waals surface area contributed by atoms with E-state index in [9.17, 15) is 4.79 Å². The van der Waals surface area contributed by atoms with Crippen molar-refractivity contribution in [2.75, 3.05) is 6.61 Å². The average Bonchev–Trinajstić information content (AvgIpc) is 2.77. The minimum absolute atomic E-state index is 0.468. The summed E-state index contributed by atoms with van der Waals surface area (Å²) in [5.41, 5.74) is 2.41. The Kier molecular flexibility index (Phi) is 4.19. The highest BCUT2D eigenvalue weighted by Gasteiger charge is 2.10. The lowest BCUT2D eigenvalue weighted by Crippen LogP contribution is -1.92. The molecule has 0 fully saturated rings. The molecule has 0 spiro atoms. The van der Waals surface area contributed by atoms with Crippen LogP contribution >= 0.6 is 0 Å². The van der Waals surface area contributed by atoms with E-state index in [2.05, 4.69) is 22.9 Å². The van der Waals surface area contributed by atoms with Gasteiger partial charge in [-0.05, 0) is 43.4 Å². The first-order valence-corrected chi connectivity index (χ1v) is 5.86. The van der Waals surface area contributed by atoms with Gasteiger partial charge in [0.2, 0.25) is 0 Å². The number of rotatable bonds is 7. The zero-order valence-electron chi connectivity index (χ0n) is 9.65. The van der Waals surface area contributed by atoms with Gasteiger partial charge in [-0.15, -0.1) is 0 Å². The first-order valence-electron chi connectivity index (χ1n) is 5.86. The number of hydrogen-bond acceptors (Lipinski definition) is 3. The Morgan fingerprint density at radius 3 is 3.00 bits per heavy atom. The molecule has 17 heavy (non-hydrogen) atoms. The van der Waals surface area contributed by atoms with E-state index in [1.807, 2.05) is 6.07 Å². The van der Waals surface area contributed by atoms with E-state index in [1.54, 1.807) is 6.26 Å². The topological polar surface area (TPSA) is 39.4 Å². The largest absolute Gasteiger partial charge is 0.464 e. The molecule has 0 saturated heterocycles. The van der Waals surface area contributed by atoms with Crippen LogP contribution < -0.4 is 0 Å². The zero-order chi connectivity index (χ0) is 11.9. The third-order valence-electron chi connectivity index (χ3n) is 2.81. The summed E-state index contributed by atoms with van der Waals surface area (Å²) in [5.74, 6) is 0.991.